The van der Waals surface area contributed by atoms with E-state index in [0.717, 1.165) is 11.3 Å². The normalized spacial score (nSPS) is 16.8. The number of carbonyl (C=O) groups is 1. The Bertz CT molecular complexity index is 318. The van der Waals surface area contributed by atoms with Gasteiger partial charge in [-0.2, -0.15) is 0 Å². The summed E-state index contributed by atoms with van der Waals surface area (Å²) in [7, 11) is 0. The van der Waals surface area contributed by atoms with Gasteiger partial charge in [0.2, 0.25) is 0 Å². The van der Waals surface area contributed by atoms with Crippen molar-refractivity contribution in [2.45, 2.75) is 47.1 Å². The SMILES string of the molecule is CC.CC.C[C@H]1Oc2ccccc2CC1=O. The minimum absolute atomic E-state index is 0.161. The molecular weight excluding hydrogens is 200 g/mol. The van der Waals surface area contributed by atoms with E-state index in [9.17, 15) is 4.79 Å². The molecular formula is C14H22O2. The standard InChI is InChI=1S/C10H10O2.2C2H6/c1-7-9(11)6-8-4-2-3-5-10(8)12-7;2*1-2/h2-5,7H,6H2,1H3;2*1-2H3/t7-;;/m1../s1. The van der Waals surface area contributed by atoms with Gasteiger partial charge in [0.25, 0.3) is 0 Å². The Morgan fingerprint density at radius 3 is 2.31 bits per heavy atom. The molecule has 1 aliphatic heterocycles. The van der Waals surface area contributed by atoms with E-state index in [0.29, 0.717) is 6.42 Å². The molecule has 1 aromatic carbocycles. The first-order valence-corrected chi connectivity index (χ1v) is 6.04. The lowest BCUT2D eigenvalue weighted by molar-refractivity contribution is -0.125. The average molecular weight is 222 g/mol. The fraction of sp³-hybridized carbons (Fsp3) is 0.500. The first kappa shape index (κ1) is 14.7. The first-order valence-electron chi connectivity index (χ1n) is 6.04. The fourth-order valence-electron chi connectivity index (χ4n) is 1.35. The van der Waals surface area contributed by atoms with Gasteiger partial charge in [0.1, 0.15) is 5.75 Å². The smallest absolute Gasteiger partial charge is 0.177 e. The number of ketones is 1. The Kier molecular flexibility index (Phi) is 7.27. The maximum Gasteiger partial charge on any atom is 0.177 e. The summed E-state index contributed by atoms with van der Waals surface area (Å²) in [6.45, 7) is 9.79. The Morgan fingerprint density at radius 2 is 1.69 bits per heavy atom. The monoisotopic (exact) mass is 222 g/mol. The van der Waals surface area contributed by atoms with Crippen molar-refractivity contribution in [1.82, 2.24) is 0 Å². The first-order chi connectivity index (χ1) is 7.77. The van der Waals surface area contributed by atoms with Crippen LogP contribution < -0.4 is 4.74 Å². The highest BCUT2D eigenvalue weighted by Gasteiger charge is 2.22. The van der Waals surface area contributed by atoms with Crippen molar-refractivity contribution in [2.75, 3.05) is 0 Å². The van der Waals surface area contributed by atoms with Crippen molar-refractivity contribution >= 4 is 5.78 Å². The maximum atomic E-state index is 11.2. The van der Waals surface area contributed by atoms with Crippen LogP contribution in [0.2, 0.25) is 0 Å². The van der Waals surface area contributed by atoms with Crippen molar-refractivity contribution in [1.29, 1.82) is 0 Å². The summed E-state index contributed by atoms with van der Waals surface area (Å²) in [6, 6.07) is 7.67. The van der Waals surface area contributed by atoms with Crippen LogP contribution in [0.3, 0.4) is 0 Å². The van der Waals surface area contributed by atoms with Crippen LogP contribution in [-0.2, 0) is 11.2 Å². The summed E-state index contributed by atoms with van der Waals surface area (Å²) < 4.78 is 5.39. The van der Waals surface area contributed by atoms with Gasteiger partial charge in [0.15, 0.2) is 11.9 Å². The molecule has 2 heteroatoms. The second kappa shape index (κ2) is 7.91. The summed E-state index contributed by atoms with van der Waals surface area (Å²) in [6.07, 6.45) is 0.233. The molecule has 0 N–H and O–H groups in total. The number of Topliss-reactive ketones (excluding diaryl/α,β-unsaturated/α-hetero) is 1. The number of benzene rings is 1. The lowest BCUT2D eigenvalue weighted by Gasteiger charge is -2.21. The molecule has 2 rings (SSSR count). The summed E-state index contributed by atoms with van der Waals surface area (Å²) in [5.74, 6) is 1.01. The third kappa shape index (κ3) is 3.69. The zero-order valence-electron chi connectivity index (χ0n) is 10.9. The molecule has 1 aliphatic rings. The topological polar surface area (TPSA) is 26.3 Å². The predicted molar refractivity (Wildman–Crippen MR) is 67.9 cm³/mol. The molecule has 16 heavy (non-hydrogen) atoms. The summed E-state index contributed by atoms with van der Waals surface area (Å²) in [4.78, 5) is 11.2. The lowest BCUT2D eigenvalue weighted by Crippen LogP contribution is -2.30. The maximum absolute atomic E-state index is 11.2. The molecule has 0 saturated heterocycles. The molecule has 0 aliphatic carbocycles. The molecule has 1 atom stereocenters. The summed E-state index contributed by atoms with van der Waals surface area (Å²) >= 11 is 0. The molecule has 0 unspecified atom stereocenters. The van der Waals surface area contributed by atoms with Gasteiger partial charge in [-0.3, -0.25) is 4.79 Å². The van der Waals surface area contributed by atoms with Gasteiger partial charge in [0.05, 0.1) is 0 Å². The van der Waals surface area contributed by atoms with Crippen LogP contribution >= 0.6 is 0 Å². The van der Waals surface area contributed by atoms with Crippen molar-refractivity contribution in [3.05, 3.63) is 29.8 Å². The van der Waals surface area contributed by atoms with Crippen LogP contribution in [0.15, 0.2) is 24.3 Å². The van der Waals surface area contributed by atoms with Gasteiger partial charge in [-0.1, -0.05) is 45.9 Å². The van der Waals surface area contributed by atoms with Crippen LogP contribution in [0.4, 0.5) is 0 Å². The van der Waals surface area contributed by atoms with Gasteiger partial charge >= 0.3 is 0 Å². The highest BCUT2D eigenvalue weighted by Crippen LogP contribution is 2.24. The molecule has 2 nitrogen and oxygen atoms in total. The molecule has 0 saturated carbocycles. The van der Waals surface area contributed by atoms with E-state index in [1.807, 2.05) is 52.0 Å². The number of hydrogen-bond acceptors (Lipinski definition) is 2. The van der Waals surface area contributed by atoms with Crippen LogP contribution in [0.25, 0.3) is 0 Å². The zero-order chi connectivity index (χ0) is 12.6. The minimum atomic E-state index is -0.278. The van der Waals surface area contributed by atoms with Gasteiger partial charge in [-0.25, -0.2) is 0 Å². The molecule has 90 valence electrons. The summed E-state index contributed by atoms with van der Waals surface area (Å²) in [5, 5.41) is 0. The van der Waals surface area contributed by atoms with Crippen molar-refractivity contribution in [3.8, 4) is 5.75 Å². The lowest BCUT2D eigenvalue weighted by atomic mass is 10.0. The van der Waals surface area contributed by atoms with E-state index < -0.39 is 0 Å². The Hall–Kier alpha value is -1.31. The molecule has 0 radical (unpaired) electrons. The predicted octanol–water partition coefficient (Wildman–Crippen LogP) is 3.63. The number of hydrogen-bond donors (Lipinski definition) is 0. The van der Waals surface area contributed by atoms with E-state index in [2.05, 4.69) is 0 Å². The number of carbonyl (C=O) groups excluding carboxylic acids is 1. The fourth-order valence-corrected chi connectivity index (χ4v) is 1.35. The van der Waals surface area contributed by atoms with E-state index in [1.54, 1.807) is 6.92 Å². The van der Waals surface area contributed by atoms with Gasteiger partial charge < -0.3 is 4.74 Å². The Balaban J connectivity index is 0.000000509. The molecule has 0 bridgehead atoms. The molecule has 0 spiro atoms. The van der Waals surface area contributed by atoms with Gasteiger partial charge in [-0.15, -0.1) is 0 Å². The third-order valence-corrected chi connectivity index (χ3v) is 2.09. The second-order valence-electron chi connectivity index (χ2n) is 3.01. The number of ether oxygens (including phenoxy) is 1. The van der Waals surface area contributed by atoms with Crippen LogP contribution in [-0.4, -0.2) is 11.9 Å². The average Bonchev–Trinajstić information content (AvgIpc) is 2.36. The molecule has 0 amide bonds. The van der Waals surface area contributed by atoms with Crippen LogP contribution in [0, 0.1) is 0 Å². The third-order valence-electron chi connectivity index (χ3n) is 2.09. The van der Waals surface area contributed by atoms with Gasteiger partial charge in [0, 0.05) is 12.0 Å². The quantitative estimate of drug-likeness (QED) is 0.670. The summed E-state index contributed by atoms with van der Waals surface area (Å²) in [5.41, 5.74) is 1.00. The van der Waals surface area contributed by atoms with Crippen LogP contribution in [0.1, 0.15) is 40.2 Å². The number of rotatable bonds is 0. The molecule has 0 aromatic heterocycles. The Morgan fingerprint density at radius 1 is 1.12 bits per heavy atom. The molecule has 1 heterocycles. The van der Waals surface area contributed by atoms with E-state index in [1.165, 1.54) is 0 Å². The van der Waals surface area contributed by atoms with Crippen molar-refractivity contribution < 1.29 is 9.53 Å². The minimum Gasteiger partial charge on any atom is -0.483 e. The van der Waals surface area contributed by atoms with Gasteiger partial charge in [-0.05, 0) is 13.0 Å². The number of fused-ring (bicyclic) bond motifs is 1. The highest BCUT2D eigenvalue weighted by atomic mass is 16.5. The van der Waals surface area contributed by atoms with Crippen LogP contribution in [0.5, 0.6) is 5.75 Å². The van der Waals surface area contributed by atoms with E-state index in [-0.39, 0.29) is 11.9 Å². The number of para-hydroxylation sites is 1. The second-order valence-corrected chi connectivity index (χ2v) is 3.01. The van der Waals surface area contributed by atoms with E-state index in [4.69, 9.17) is 4.74 Å². The highest BCUT2D eigenvalue weighted by molar-refractivity contribution is 5.87. The molecule has 1 aromatic rings. The van der Waals surface area contributed by atoms with Crippen molar-refractivity contribution in [2.24, 2.45) is 0 Å². The van der Waals surface area contributed by atoms with Crippen molar-refractivity contribution in [3.63, 3.8) is 0 Å². The van der Waals surface area contributed by atoms with E-state index >= 15 is 0 Å². The Labute approximate surface area is 98.6 Å². The molecule has 0 fully saturated rings. The zero-order valence-corrected chi connectivity index (χ0v) is 10.9. The largest absolute Gasteiger partial charge is 0.483 e.